The van der Waals surface area contributed by atoms with Crippen LogP contribution in [-0.4, -0.2) is 18.2 Å². The normalized spacial score (nSPS) is 17.6. The monoisotopic (exact) mass is 284 g/mol. The number of hydrogen-bond donors (Lipinski definition) is 0. The lowest BCUT2D eigenvalue weighted by Crippen LogP contribution is -2.32. The minimum atomic E-state index is -0.458. The van der Waals surface area contributed by atoms with Crippen LogP contribution in [0.3, 0.4) is 0 Å². The van der Waals surface area contributed by atoms with E-state index in [1.165, 1.54) is 4.88 Å². The highest BCUT2D eigenvalue weighted by atomic mass is 32.1. The molecular formula is C16H16N2OS. The van der Waals surface area contributed by atoms with Crippen molar-refractivity contribution in [3.8, 4) is 17.3 Å². The first-order valence-electron chi connectivity index (χ1n) is 6.77. The van der Waals surface area contributed by atoms with E-state index in [4.69, 9.17) is 9.72 Å². The van der Waals surface area contributed by atoms with Crippen molar-refractivity contribution in [2.45, 2.75) is 25.2 Å². The van der Waals surface area contributed by atoms with Gasteiger partial charge < -0.3 is 4.74 Å². The van der Waals surface area contributed by atoms with E-state index < -0.39 is 5.41 Å². The van der Waals surface area contributed by atoms with Crippen molar-refractivity contribution in [3.05, 3.63) is 40.2 Å². The van der Waals surface area contributed by atoms with E-state index in [1.807, 2.05) is 18.2 Å². The Morgan fingerprint density at radius 2 is 1.95 bits per heavy atom. The summed E-state index contributed by atoms with van der Waals surface area (Å²) in [6.07, 6.45) is 1.48. The average molecular weight is 284 g/mol. The number of aromatic nitrogens is 1. The molecule has 0 N–H and O–H groups in total. The predicted octanol–water partition coefficient (Wildman–Crippen LogP) is 3.69. The molecule has 2 aromatic rings. The number of benzene rings is 1. The van der Waals surface area contributed by atoms with Gasteiger partial charge in [-0.25, -0.2) is 4.98 Å². The molecule has 0 amide bonds. The lowest BCUT2D eigenvalue weighted by Gasteiger charge is -2.28. The Balaban J connectivity index is 2.02. The van der Waals surface area contributed by atoms with Crippen LogP contribution in [0.15, 0.2) is 30.3 Å². The van der Waals surface area contributed by atoms with Gasteiger partial charge in [0.25, 0.3) is 0 Å². The second-order valence-electron chi connectivity index (χ2n) is 5.10. The number of thiazole rings is 1. The van der Waals surface area contributed by atoms with Crippen LogP contribution in [0, 0.1) is 18.3 Å². The molecule has 1 aromatic heterocycles. The van der Waals surface area contributed by atoms with Crippen LogP contribution < -0.4 is 0 Å². The summed E-state index contributed by atoms with van der Waals surface area (Å²) in [6, 6.07) is 12.7. The fraction of sp³-hybridized carbons (Fsp3) is 0.375. The summed E-state index contributed by atoms with van der Waals surface area (Å²) in [4.78, 5) is 5.96. The summed E-state index contributed by atoms with van der Waals surface area (Å²) < 4.78 is 5.40. The number of rotatable bonds is 2. The Labute approximate surface area is 122 Å². The van der Waals surface area contributed by atoms with Gasteiger partial charge in [0.1, 0.15) is 10.4 Å². The molecular weight excluding hydrogens is 268 g/mol. The van der Waals surface area contributed by atoms with Gasteiger partial charge in [0.15, 0.2) is 0 Å². The summed E-state index contributed by atoms with van der Waals surface area (Å²) in [5, 5.41) is 10.6. The van der Waals surface area contributed by atoms with E-state index >= 15 is 0 Å². The lowest BCUT2D eigenvalue weighted by molar-refractivity contribution is 0.0675. The van der Waals surface area contributed by atoms with Gasteiger partial charge in [-0.2, -0.15) is 5.26 Å². The maximum atomic E-state index is 9.63. The molecule has 3 rings (SSSR count). The van der Waals surface area contributed by atoms with Crippen LogP contribution in [0.25, 0.3) is 11.3 Å². The van der Waals surface area contributed by atoms with Crippen LogP contribution in [0.5, 0.6) is 0 Å². The van der Waals surface area contributed by atoms with E-state index in [-0.39, 0.29) is 0 Å². The topological polar surface area (TPSA) is 45.9 Å². The largest absolute Gasteiger partial charge is 0.381 e. The molecule has 0 spiro atoms. The number of nitrogens with zero attached hydrogens (tertiary/aromatic N) is 2. The van der Waals surface area contributed by atoms with Gasteiger partial charge >= 0.3 is 0 Å². The fourth-order valence-electron chi connectivity index (χ4n) is 2.56. The molecule has 0 unspecified atom stereocenters. The number of hydrogen-bond acceptors (Lipinski definition) is 4. The molecule has 0 radical (unpaired) electrons. The fourth-order valence-corrected chi connectivity index (χ4v) is 3.69. The molecule has 1 aliphatic rings. The van der Waals surface area contributed by atoms with Crippen molar-refractivity contribution < 1.29 is 4.74 Å². The van der Waals surface area contributed by atoms with E-state index in [0.29, 0.717) is 13.2 Å². The standard InChI is InChI=1S/C16H16N2OS/c1-12-14(13-5-3-2-4-6-13)18-15(20-12)16(11-17)7-9-19-10-8-16/h2-6H,7-10H2,1H3. The molecule has 2 heterocycles. The van der Waals surface area contributed by atoms with Crippen molar-refractivity contribution >= 4 is 11.3 Å². The third-order valence-corrected chi connectivity index (χ3v) is 4.99. The molecule has 1 fully saturated rings. The van der Waals surface area contributed by atoms with Crippen LogP contribution in [0.2, 0.25) is 0 Å². The van der Waals surface area contributed by atoms with Crippen LogP contribution >= 0.6 is 11.3 Å². The second-order valence-corrected chi connectivity index (χ2v) is 6.30. The summed E-state index contributed by atoms with van der Waals surface area (Å²) in [7, 11) is 0. The molecule has 1 saturated heterocycles. The van der Waals surface area contributed by atoms with Gasteiger partial charge in [-0.05, 0) is 19.8 Å². The maximum absolute atomic E-state index is 9.63. The van der Waals surface area contributed by atoms with Gasteiger partial charge in [0, 0.05) is 23.7 Å². The van der Waals surface area contributed by atoms with E-state index in [1.54, 1.807) is 11.3 Å². The zero-order valence-electron chi connectivity index (χ0n) is 11.4. The van der Waals surface area contributed by atoms with E-state index in [0.717, 1.165) is 29.1 Å². The molecule has 0 aliphatic carbocycles. The quantitative estimate of drug-likeness (QED) is 0.845. The number of nitriles is 1. The Morgan fingerprint density at radius 3 is 2.60 bits per heavy atom. The zero-order valence-corrected chi connectivity index (χ0v) is 12.2. The predicted molar refractivity (Wildman–Crippen MR) is 79.6 cm³/mol. The molecule has 0 bridgehead atoms. The third kappa shape index (κ3) is 2.24. The SMILES string of the molecule is Cc1sc(C2(C#N)CCOCC2)nc1-c1ccccc1. The van der Waals surface area contributed by atoms with Gasteiger partial charge in [-0.15, -0.1) is 11.3 Å². The van der Waals surface area contributed by atoms with Gasteiger partial charge in [0.05, 0.1) is 11.8 Å². The second kappa shape index (κ2) is 5.35. The van der Waals surface area contributed by atoms with Crippen LogP contribution in [0.4, 0.5) is 0 Å². The molecule has 0 saturated carbocycles. The zero-order chi connectivity index (χ0) is 14.0. The van der Waals surface area contributed by atoms with E-state index in [2.05, 4.69) is 25.1 Å². The lowest BCUT2D eigenvalue weighted by atomic mass is 9.82. The number of ether oxygens (including phenoxy) is 1. The first-order chi connectivity index (χ1) is 9.75. The Morgan fingerprint density at radius 1 is 1.25 bits per heavy atom. The highest BCUT2D eigenvalue weighted by molar-refractivity contribution is 7.12. The summed E-state index contributed by atoms with van der Waals surface area (Å²) in [6.45, 7) is 3.37. The first-order valence-corrected chi connectivity index (χ1v) is 7.59. The molecule has 4 heteroatoms. The van der Waals surface area contributed by atoms with E-state index in [9.17, 15) is 5.26 Å². The first kappa shape index (κ1) is 13.3. The molecule has 20 heavy (non-hydrogen) atoms. The molecule has 3 nitrogen and oxygen atoms in total. The van der Waals surface area contributed by atoms with Crippen molar-refractivity contribution in [1.29, 1.82) is 5.26 Å². The smallest absolute Gasteiger partial charge is 0.114 e. The molecule has 1 aliphatic heterocycles. The average Bonchev–Trinajstić information content (AvgIpc) is 2.91. The minimum absolute atomic E-state index is 0.458. The van der Waals surface area contributed by atoms with Crippen LogP contribution in [-0.2, 0) is 10.2 Å². The Kier molecular flexibility index (Phi) is 3.56. The third-order valence-electron chi connectivity index (χ3n) is 3.81. The summed E-state index contributed by atoms with van der Waals surface area (Å²) >= 11 is 1.65. The minimum Gasteiger partial charge on any atom is -0.381 e. The highest BCUT2D eigenvalue weighted by Crippen LogP contribution is 2.39. The van der Waals surface area contributed by atoms with Gasteiger partial charge in [0.2, 0.25) is 0 Å². The molecule has 1 aromatic carbocycles. The Bertz CT molecular complexity index is 636. The number of aryl methyl sites for hydroxylation is 1. The summed E-state index contributed by atoms with van der Waals surface area (Å²) in [5.74, 6) is 0. The van der Waals surface area contributed by atoms with Gasteiger partial charge in [-0.3, -0.25) is 0 Å². The highest BCUT2D eigenvalue weighted by Gasteiger charge is 2.38. The van der Waals surface area contributed by atoms with Crippen molar-refractivity contribution in [2.24, 2.45) is 0 Å². The Hall–Kier alpha value is -1.70. The van der Waals surface area contributed by atoms with Crippen molar-refractivity contribution in [1.82, 2.24) is 4.98 Å². The molecule has 0 atom stereocenters. The molecule has 102 valence electrons. The van der Waals surface area contributed by atoms with Crippen molar-refractivity contribution in [2.75, 3.05) is 13.2 Å². The summed E-state index contributed by atoms with van der Waals surface area (Å²) in [5.41, 5.74) is 1.67. The van der Waals surface area contributed by atoms with Crippen LogP contribution in [0.1, 0.15) is 22.7 Å². The van der Waals surface area contributed by atoms with Crippen molar-refractivity contribution in [3.63, 3.8) is 0 Å². The maximum Gasteiger partial charge on any atom is 0.114 e. The van der Waals surface area contributed by atoms with Gasteiger partial charge in [-0.1, -0.05) is 30.3 Å².